The van der Waals surface area contributed by atoms with E-state index < -0.39 is 0 Å². The fourth-order valence-electron chi connectivity index (χ4n) is 2.95. The van der Waals surface area contributed by atoms with Crippen LogP contribution in [0.3, 0.4) is 0 Å². The van der Waals surface area contributed by atoms with E-state index >= 15 is 0 Å². The lowest BCUT2D eigenvalue weighted by atomic mass is 9.93. The number of thiazole rings is 1. The van der Waals surface area contributed by atoms with Gasteiger partial charge in [0, 0.05) is 23.2 Å². The Kier molecular flexibility index (Phi) is 3.53. The first-order chi connectivity index (χ1) is 9.96. The third-order valence-electron chi connectivity index (χ3n) is 4.30. The summed E-state index contributed by atoms with van der Waals surface area (Å²) in [6.07, 6.45) is 1.64. The molecule has 0 radical (unpaired) electrons. The zero-order valence-corrected chi connectivity index (χ0v) is 13.8. The maximum Gasteiger partial charge on any atom is 0.232 e. The summed E-state index contributed by atoms with van der Waals surface area (Å²) in [6, 6.07) is 4.08. The van der Waals surface area contributed by atoms with Crippen molar-refractivity contribution >= 4 is 33.7 Å². The molecule has 1 saturated carbocycles. The van der Waals surface area contributed by atoms with Gasteiger partial charge in [0.15, 0.2) is 5.13 Å². The summed E-state index contributed by atoms with van der Waals surface area (Å²) in [5.74, 6) is 0.137. The van der Waals surface area contributed by atoms with Crippen LogP contribution in [-0.2, 0) is 16.6 Å². The monoisotopic (exact) mass is 321 g/mol. The molecular weight excluding hydrogens is 302 g/mol. The van der Waals surface area contributed by atoms with Crippen LogP contribution in [0.15, 0.2) is 22.9 Å². The van der Waals surface area contributed by atoms with Crippen LogP contribution in [0.25, 0.3) is 0 Å². The van der Waals surface area contributed by atoms with Gasteiger partial charge >= 0.3 is 0 Å². The lowest BCUT2D eigenvalue weighted by Gasteiger charge is -2.18. The fourth-order valence-corrected chi connectivity index (χ4v) is 4.65. The molecule has 2 aromatic heterocycles. The molecule has 0 aromatic carbocycles. The van der Waals surface area contributed by atoms with E-state index in [0.717, 1.165) is 18.5 Å². The number of aromatic nitrogens is 1. The Morgan fingerprint density at radius 3 is 2.76 bits per heavy atom. The van der Waals surface area contributed by atoms with Gasteiger partial charge in [-0.2, -0.15) is 0 Å². The standard InChI is InChI=1S/C15H19N3OS2/c1-14(2)9-15(14,11-4-3-7-20-11)12(19)17-6-5-10-8-21-13(16)18-10/h3-4,7-8H,5-6,9H2,1-2H3,(H2,16,18)(H,17,19)/t15-/m1/s1. The van der Waals surface area contributed by atoms with Gasteiger partial charge in [0.2, 0.25) is 5.91 Å². The van der Waals surface area contributed by atoms with Crippen LogP contribution in [0.1, 0.15) is 30.8 Å². The summed E-state index contributed by atoms with van der Waals surface area (Å²) in [5, 5.41) is 7.64. The van der Waals surface area contributed by atoms with Crippen LogP contribution in [0.4, 0.5) is 5.13 Å². The Morgan fingerprint density at radius 2 is 2.24 bits per heavy atom. The first kappa shape index (κ1) is 14.5. The molecule has 0 aliphatic heterocycles. The number of hydrogen-bond acceptors (Lipinski definition) is 5. The SMILES string of the molecule is CC1(C)C[C@]1(C(=O)NCCc1csc(N)n1)c1cccs1. The van der Waals surface area contributed by atoms with E-state index in [2.05, 4.69) is 30.2 Å². The Hall–Kier alpha value is -1.40. The number of thiophene rings is 1. The van der Waals surface area contributed by atoms with Crippen molar-refractivity contribution in [1.82, 2.24) is 10.3 Å². The van der Waals surface area contributed by atoms with E-state index in [1.54, 1.807) is 11.3 Å². The van der Waals surface area contributed by atoms with Crippen molar-refractivity contribution in [2.45, 2.75) is 32.1 Å². The molecule has 1 atom stereocenters. The second-order valence-corrected chi connectivity index (χ2v) is 7.96. The van der Waals surface area contributed by atoms with Gasteiger partial charge < -0.3 is 11.1 Å². The molecule has 0 bridgehead atoms. The van der Waals surface area contributed by atoms with Crippen molar-refractivity contribution in [2.75, 3.05) is 12.3 Å². The molecule has 3 N–H and O–H groups in total. The highest BCUT2D eigenvalue weighted by molar-refractivity contribution is 7.13. The number of amides is 1. The third kappa shape index (κ3) is 2.46. The number of carbonyl (C=O) groups is 1. The van der Waals surface area contributed by atoms with E-state index in [4.69, 9.17) is 5.73 Å². The quantitative estimate of drug-likeness (QED) is 0.890. The lowest BCUT2D eigenvalue weighted by molar-refractivity contribution is -0.124. The van der Waals surface area contributed by atoms with E-state index in [1.165, 1.54) is 16.2 Å². The van der Waals surface area contributed by atoms with Crippen LogP contribution < -0.4 is 11.1 Å². The highest BCUT2D eigenvalue weighted by Crippen LogP contribution is 2.65. The Morgan fingerprint density at radius 1 is 1.48 bits per heavy atom. The maximum atomic E-state index is 12.7. The number of anilines is 1. The fraction of sp³-hybridized carbons (Fsp3) is 0.467. The average molecular weight is 321 g/mol. The van der Waals surface area contributed by atoms with Gasteiger partial charge in [-0.3, -0.25) is 4.79 Å². The maximum absolute atomic E-state index is 12.7. The van der Waals surface area contributed by atoms with Crippen molar-refractivity contribution in [2.24, 2.45) is 5.41 Å². The molecular formula is C15H19N3OS2. The minimum atomic E-state index is -0.345. The summed E-state index contributed by atoms with van der Waals surface area (Å²) in [5.41, 5.74) is 6.24. The smallest absolute Gasteiger partial charge is 0.232 e. The Labute approximate surface area is 132 Å². The van der Waals surface area contributed by atoms with E-state index in [0.29, 0.717) is 11.7 Å². The zero-order valence-electron chi connectivity index (χ0n) is 12.2. The molecule has 0 saturated heterocycles. The molecule has 21 heavy (non-hydrogen) atoms. The minimum absolute atomic E-state index is 0.0347. The average Bonchev–Trinajstić information content (AvgIpc) is 2.87. The number of nitrogens with zero attached hydrogens (tertiary/aromatic N) is 1. The Bertz CT molecular complexity index is 648. The second-order valence-electron chi connectivity index (χ2n) is 6.13. The van der Waals surface area contributed by atoms with E-state index in [-0.39, 0.29) is 16.7 Å². The third-order valence-corrected chi connectivity index (χ3v) is 6.06. The molecule has 2 aromatic rings. The van der Waals surface area contributed by atoms with Crippen LogP contribution >= 0.6 is 22.7 Å². The summed E-state index contributed by atoms with van der Waals surface area (Å²) in [4.78, 5) is 18.1. The minimum Gasteiger partial charge on any atom is -0.375 e. The lowest BCUT2D eigenvalue weighted by Crippen LogP contribution is -2.38. The van der Waals surface area contributed by atoms with Crippen LogP contribution in [0, 0.1) is 5.41 Å². The number of nitrogens with two attached hydrogens (primary N) is 1. The van der Waals surface area contributed by atoms with Crippen LogP contribution in [-0.4, -0.2) is 17.4 Å². The van der Waals surface area contributed by atoms with Gasteiger partial charge in [0.05, 0.1) is 11.1 Å². The topological polar surface area (TPSA) is 68.0 Å². The van der Waals surface area contributed by atoms with Crippen molar-refractivity contribution < 1.29 is 4.79 Å². The van der Waals surface area contributed by atoms with Gasteiger partial charge in [-0.05, 0) is 23.3 Å². The molecule has 2 heterocycles. The van der Waals surface area contributed by atoms with Crippen LogP contribution in [0.5, 0.6) is 0 Å². The van der Waals surface area contributed by atoms with Gasteiger partial charge in [-0.15, -0.1) is 22.7 Å². The zero-order chi connectivity index (χ0) is 15.1. The number of hydrogen-bond donors (Lipinski definition) is 2. The number of carbonyl (C=O) groups excluding carboxylic acids is 1. The highest BCUT2D eigenvalue weighted by Gasteiger charge is 2.67. The van der Waals surface area contributed by atoms with Crippen molar-refractivity contribution in [3.8, 4) is 0 Å². The van der Waals surface area contributed by atoms with Crippen molar-refractivity contribution in [1.29, 1.82) is 0 Å². The summed E-state index contributed by atoms with van der Waals surface area (Å²) in [6.45, 7) is 4.92. The summed E-state index contributed by atoms with van der Waals surface area (Å²) < 4.78 is 0. The van der Waals surface area contributed by atoms with Crippen molar-refractivity contribution in [3.05, 3.63) is 33.5 Å². The molecule has 1 aliphatic carbocycles. The number of nitrogen functional groups attached to an aromatic ring is 1. The molecule has 1 amide bonds. The van der Waals surface area contributed by atoms with E-state index in [1.807, 2.05) is 16.8 Å². The molecule has 6 heteroatoms. The molecule has 0 unspecified atom stereocenters. The van der Waals surface area contributed by atoms with E-state index in [9.17, 15) is 4.79 Å². The molecule has 1 fully saturated rings. The Balaban J connectivity index is 1.64. The molecule has 0 spiro atoms. The first-order valence-corrected chi connectivity index (χ1v) is 8.74. The molecule has 112 valence electrons. The normalized spacial score (nSPS) is 23.0. The summed E-state index contributed by atoms with van der Waals surface area (Å²) >= 11 is 3.10. The second kappa shape index (κ2) is 5.10. The van der Waals surface area contributed by atoms with Gasteiger partial charge in [0.1, 0.15) is 0 Å². The number of rotatable bonds is 5. The summed E-state index contributed by atoms with van der Waals surface area (Å²) in [7, 11) is 0. The number of nitrogens with one attached hydrogen (secondary N) is 1. The molecule has 3 rings (SSSR count). The molecule has 1 aliphatic rings. The van der Waals surface area contributed by atoms with Crippen molar-refractivity contribution in [3.63, 3.8) is 0 Å². The van der Waals surface area contributed by atoms with Gasteiger partial charge in [-0.25, -0.2) is 4.98 Å². The van der Waals surface area contributed by atoms with Gasteiger partial charge in [0.25, 0.3) is 0 Å². The first-order valence-electron chi connectivity index (χ1n) is 6.98. The molecule has 4 nitrogen and oxygen atoms in total. The predicted octanol–water partition coefficient (Wildman–Crippen LogP) is 2.81. The largest absolute Gasteiger partial charge is 0.375 e. The van der Waals surface area contributed by atoms with Crippen LogP contribution in [0.2, 0.25) is 0 Å². The predicted molar refractivity (Wildman–Crippen MR) is 87.6 cm³/mol. The van der Waals surface area contributed by atoms with Gasteiger partial charge in [-0.1, -0.05) is 19.9 Å². The highest BCUT2D eigenvalue weighted by atomic mass is 32.1.